The zero-order valence-electron chi connectivity index (χ0n) is 4.23. The summed E-state index contributed by atoms with van der Waals surface area (Å²) in [5.41, 5.74) is 0. The molecular weight excluding hydrogens is 268 g/mol. The van der Waals surface area contributed by atoms with Crippen LogP contribution in [0.2, 0.25) is 0 Å². The van der Waals surface area contributed by atoms with Gasteiger partial charge in [-0.05, 0) is 0 Å². The molecule has 45 valence electrons. The molecule has 0 aromatic rings. The third kappa shape index (κ3) is 540. The third-order valence-electron chi connectivity index (χ3n) is 0. The molecule has 0 heterocycles. The van der Waals surface area contributed by atoms with Crippen LogP contribution >= 0.6 is 0 Å². The van der Waals surface area contributed by atoms with Crippen molar-refractivity contribution in [3.05, 3.63) is 28.0 Å². The zero-order valence-corrected chi connectivity index (χ0v) is 6.62. The fourth-order valence-electron chi connectivity index (χ4n) is 0. The summed E-state index contributed by atoms with van der Waals surface area (Å²) < 4.78 is 0. The molecule has 0 atom stereocenters. The minimum atomic E-state index is 0. The van der Waals surface area contributed by atoms with Gasteiger partial charge in [0.1, 0.15) is 0 Å². The van der Waals surface area contributed by atoms with Crippen molar-refractivity contribution in [3.8, 4) is 0 Å². The third-order valence-corrected chi connectivity index (χ3v) is 0. The maximum Gasteiger partial charge on any atom is 0 e. The van der Waals surface area contributed by atoms with Crippen molar-refractivity contribution < 1.29 is 20.1 Å². The summed E-state index contributed by atoms with van der Waals surface area (Å²) in [7, 11) is 0. The van der Waals surface area contributed by atoms with Crippen LogP contribution in [0, 0.1) is 38.5 Å². The molecule has 0 rings (SSSR count). The van der Waals surface area contributed by atoms with Crippen molar-refractivity contribution >= 4 is 0 Å². The van der Waals surface area contributed by atoms with Gasteiger partial charge in [0, 0.05) is 20.1 Å². The van der Waals surface area contributed by atoms with Crippen molar-refractivity contribution in [1.29, 1.82) is 10.5 Å². The van der Waals surface area contributed by atoms with Crippen LogP contribution in [0.4, 0.5) is 0 Å². The van der Waals surface area contributed by atoms with E-state index in [1.54, 1.807) is 0 Å². The number of hydrogen-bond donors (Lipinski definition) is 0. The SMILES string of the molecule is [C-]#N.[C-]#N.[CH3-].[CH3-].[Ir]. The molecule has 0 unspecified atom stereocenters. The van der Waals surface area contributed by atoms with E-state index in [1.807, 2.05) is 0 Å². The fourth-order valence-corrected chi connectivity index (χ4v) is 0. The van der Waals surface area contributed by atoms with E-state index in [9.17, 15) is 0 Å². The predicted molar refractivity (Wildman–Crippen MR) is 22.8 cm³/mol. The standard InChI is InChI=1S/2CN.2CH3.Ir/c2*1-2;;;/h;;2*1H3;/q4*-1;. The quantitative estimate of drug-likeness (QED) is 0.621. The van der Waals surface area contributed by atoms with E-state index < -0.39 is 0 Å². The summed E-state index contributed by atoms with van der Waals surface area (Å²) in [5, 5.41) is 12.5. The normalized spacial score (nSPS) is 0.571. The number of hydrogen-bond acceptors (Lipinski definition) is 2. The Hall–Kier alpha value is -0.371. The zero-order chi connectivity index (χ0) is 4.00. The van der Waals surface area contributed by atoms with Gasteiger partial charge in [0.05, 0.1) is 0 Å². The molecule has 1 radical (unpaired) electrons. The molecule has 0 spiro atoms. The monoisotopic (exact) mass is 275 g/mol. The van der Waals surface area contributed by atoms with Gasteiger partial charge < -0.3 is 38.5 Å². The Kier molecular flexibility index (Phi) is 9930. The van der Waals surface area contributed by atoms with E-state index in [0.717, 1.165) is 0 Å². The second kappa shape index (κ2) is 878. The fraction of sp³-hybridized carbons (Fsp3) is 0. The summed E-state index contributed by atoms with van der Waals surface area (Å²) in [5.74, 6) is 0. The summed E-state index contributed by atoms with van der Waals surface area (Å²) in [6.07, 6.45) is 0. The van der Waals surface area contributed by atoms with Gasteiger partial charge in [-0.1, -0.05) is 0 Å². The predicted octanol–water partition coefficient (Wildman–Crippen LogP) is 1.09. The first-order chi connectivity index (χ1) is 2.00. The second-order valence-electron chi connectivity index (χ2n) is 0. The van der Waals surface area contributed by atoms with Crippen molar-refractivity contribution in [2.24, 2.45) is 0 Å². The molecule has 2 nitrogen and oxygen atoms in total. The summed E-state index contributed by atoms with van der Waals surface area (Å²) >= 11 is 0. The Morgan fingerprint density at radius 3 is 0.714 bits per heavy atom. The first-order valence-electron chi connectivity index (χ1n) is 0.447. The van der Waals surface area contributed by atoms with Crippen molar-refractivity contribution in [2.75, 3.05) is 0 Å². The first-order valence-corrected chi connectivity index (χ1v) is 0.447. The van der Waals surface area contributed by atoms with Crippen LogP contribution in [0.15, 0.2) is 0 Å². The van der Waals surface area contributed by atoms with Crippen molar-refractivity contribution in [3.63, 3.8) is 0 Å². The summed E-state index contributed by atoms with van der Waals surface area (Å²) in [6, 6.07) is 0. The van der Waals surface area contributed by atoms with E-state index in [0.29, 0.717) is 0 Å². The molecule has 0 aromatic carbocycles. The van der Waals surface area contributed by atoms with Crippen molar-refractivity contribution in [2.45, 2.75) is 0 Å². The van der Waals surface area contributed by atoms with Crippen LogP contribution in [0.25, 0.3) is 0 Å². The molecule has 0 N–H and O–H groups in total. The molecule has 0 aliphatic heterocycles. The molecular formula is C4H6IrN2-4. The number of rotatable bonds is 0. The Bertz CT molecular complexity index is 25.2. The van der Waals surface area contributed by atoms with Gasteiger partial charge in [-0.3, -0.25) is 0 Å². The second-order valence-corrected chi connectivity index (χ2v) is 0. The van der Waals surface area contributed by atoms with Crippen LogP contribution in [0.3, 0.4) is 0 Å². The topological polar surface area (TPSA) is 47.6 Å². The smallest absolute Gasteiger partial charge is 0 e. The van der Waals surface area contributed by atoms with Gasteiger partial charge in [-0.25, -0.2) is 0 Å². The minimum absolute atomic E-state index is 0. The molecule has 0 aromatic heterocycles. The molecule has 0 amide bonds. The van der Waals surface area contributed by atoms with E-state index >= 15 is 0 Å². The van der Waals surface area contributed by atoms with E-state index in [1.165, 1.54) is 0 Å². The van der Waals surface area contributed by atoms with E-state index in [-0.39, 0.29) is 35.0 Å². The Morgan fingerprint density at radius 1 is 0.714 bits per heavy atom. The molecule has 0 fully saturated rings. The average Bonchev–Trinajstić information content (AvgIpc) is 1.50. The first kappa shape index (κ1) is 79.1. The maximum atomic E-state index is 6.25. The molecule has 0 saturated heterocycles. The van der Waals surface area contributed by atoms with Crippen LogP contribution < -0.4 is 0 Å². The summed E-state index contributed by atoms with van der Waals surface area (Å²) in [4.78, 5) is 0. The Labute approximate surface area is 59.1 Å². The van der Waals surface area contributed by atoms with Gasteiger partial charge in [0.15, 0.2) is 0 Å². The number of nitrogens with zero attached hydrogens (tertiary/aromatic N) is 2. The molecule has 0 bridgehead atoms. The largest absolute Gasteiger partial charge is 0.512 e. The van der Waals surface area contributed by atoms with Gasteiger partial charge in [-0.2, -0.15) is 0 Å². The molecule has 7 heavy (non-hydrogen) atoms. The van der Waals surface area contributed by atoms with Gasteiger partial charge >= 0.3 is 0 Å². The average molecular weight is 274 g/mol. The van der Waals surface area contributed by atoms with E-state index in [2.05, 4.69) is 0 Å². The Balaban J connectivity index is -0.00000000267. The summed E-state index contributed by atoms with van der Waals surface area (Å²) in [6.45, 7) is 9.50. The van der Waals surface area contributed by atoms with Crippen LogP contribution in [0.1, 0.15) is 0 Å². The van der Waals surface area contributed by atoms with E-state index in [4.69, 9.17) is 23.7 Å². The van der Waals surface area contributed by atoms with Gasteiger partial charge in [-0.15, -0.1) is 0 Å². The molecule has 3 heteroatoms. The van der Waals surface area contributed by atoms with Crippen LogP contribution in [-0.4, -0.2) is 0 Å². The van der Waals surface area contributed by atoms with Crippen LogP contribution in [0.5, 0.6) is 0 Å². The molecule has 0 saturated carbocycles. The minimum Gasteiger partial charge on any atom is -0.512 e. The Morgan fingerprint density at radius 2 is 0.714 bits per heavy atom. The molecule has 0 aliphatic rings. The van der Waals surface area contributed by atoms with Crippen molar-refractivity contribution in [1.82, 2.24) is 0 Å². The van der Waals surface area contributed by atoms with Crippen LogP contribution in [-0.2, 0) is 20.1 Å². The molecule has 0 aliphatic carbocycles. The van der Waals surface area contributed by atoms with Gasteiger partial charge in [0.25, 0.3) is 0 Å². The van der Waals surface area contributed by atoms with Gasteiger partial charge in [0.2, 0.25) is 0 Å². The maximum absolute atomic E-state index is 6.25.